The number of aromatic nitrogens is 1. The molecule has 6 heteroatoms. The first kappa shape index (κ1) is 13.7. The highest BCUT2D eigenvalue weighted by molar-refractivity contribution is 7.18. The van der Waals surface area contributed by atoms with E-state index in [1.54, 1.807) is 0 Å². The number of carbonyl (C=O) groups is 1. The minimum absolute atomic E-state index is 0.0640. The molecule has 2 unspecified atom stereocenters. The number of carbonyl (C=O) groups excluding carboxylic acids is 1. The highest BCUT2D eigenvalue weighted by Gasteiger charge is 2.41. The lowest BCUT2D eigenvalue weighted by atomic mass is 10.1. The monoisotopic (exact) mass is 294 g/mol. The fourth-order valence-electron chi connectivity index (χ4n) is 3.16. The number of nitrogens with two attached hydrogens (primary N) is 1. The average molecular weight is 294 g/mol. The van der Waals surface area contributed by atoms with E-state index in [1.165, 1.54) is 17.8 Å². The Kier molecular flexibility index (Phi) is 3.16. The van der Waals surface area contributed by atoms with Crippen molar-refractivity contribution in [3.63, 3.8) is 0 Å². The molecule has 3 N–H and O–H groups in total. The van der Waals surface area contributed by atoms with E-state index in [-0.39, 0.29) is 11.4 Å². The summed E-state index contributed by atoms with van der Waals surface area (Å²) in [5.74, 6) is 1.12. The van der Waals surface area contributed by atoms with Crippen molar-refractivity contribution in [1.82, 2.24) is 9.88 Å². The molecule has 1 aliphatic carbocycles. The number of thiazole rings is 1. The molecule has 1 aromatic rings. The predicted molar refractivity (Wildman–Crippen MR) is 82.1 cm³/mol. The topological polar surface area (TPSA) is 71.2 Å². The molecule has 1 aromatic heterocycles. The van der Waals surface area contributed by atoms with E-state index in [1.807, 2.05) is 4.90 Å². The van der Waals surface area contributed by atoms with E-state index in [0.717, 1.165) is 24.5 Å². The van der Waals surface area contributed by atoms with Crippen molar-refractivity contribution in [2.75, 3.05) is 17.6 Å². The zero-order chi connectivity index (χ0) is 14.5. The lowest BCUT2D eigenvalue weighted by molar-refractivity contribution is 0.0709. The van der Waals surface area contributed by atoms with Crippen LogP contribution in [0, 0.1) is 5.92 Å². The van der Waals surface area contributed by atoms with Crippen LogP contribution in [0.25, 0.3) is 0 Å². The normalized spacial score (nSPS) is 25.2. The SMILES string of the molecule is CC(C)(C)Nc1nc(N)c(C(=O)N2CC3CCC2C3)s1. The Morgan fingerprint density at radius 1 is 1.45 bits per heavy atom. The van der Waals surface area contributed by atoms with Gasteiger partial charge >= 0.3 is 0 Å². The number of hydrogen-bond donors (Lipinski definition) is 2. The zero-order valence-electron chi connectivity index (χ0n) is 12.3. The standard InChI is InChI=1S/C14H22N4OS/c1-14(2,3)17-13-16-11(15)10(20-13)12(19)18-7-8-4-5-9(18)6-8/h8-9H,4-7,15H2,1-3H3,(H,16,17). The van der Waals surface area contributed by atoms with E-state index in [2.05, 4.69) is 31.1 Å². The summed E-state index contributed by atoms with van der Waals surface area (Å²) in [7, 11) is 0. The van der Waals surface area contributed by atoms with Crippen LogP contribution in [-0.2, 0) is 0 Å². The van der Waals surface area contributed by atoms with Gasteiger partial charge < -0.3 is 16.0 Å². The Morgan fingerprint density at radius 3 is 2.75 bits per heavy atom. The molecular formula is C14H22N4OS. The Morgan fingerprint density at radius 2 is 2.20 bits per heavy atom. The number of nitrogen functional groups attached to an aromatic ring is 1. The summed E-state index contributed by atoms with van der Waals surface area (Å²) in [6, 6.07) is 0.424. The van der Waals surface area contributed by atoms with Crippen molar-refractivity contribution in [2.45, 2.75) is 51.6 Å². The Labute approximate surface area is 123 Å². The van der Waals surface area contributed by atoms with Crippen LogP contribution in [0.1, 0.15) is 49.7 Å². The molecule has 1 aliphatic heterocycles. The smallest absolute Gasteiger partial charge is 0.268 e. The van der Waals surface area contributed by atoms with Crippen molar-refractivity contribution >= 4 is 28.2 Å². The van der Waals surface area contributed by atoms with E-state index >= 15 is 0 Å². The molecule has 0 radical (unpaired) electrons. The number of rotatable bonds is 2. The molecule has 2 aliphatic rings. The Hall–Kier alpha value is -1.30. The number of nitrogens with zero attached hydrogens (tertiary/aromatic N) is 2. The van der Waals surface area contributed by atoms with Gasteiger partial charge in [-0.2, -0.15) is 0 Å². The molecule has 2 fully saturated rings. The van der Waals surface area contributed by atoms with Crippen molar-refractivity contribution in [3.05, 3.63) is 4.88 Å². The first-order valence-electron chi connectivity index (χ1n) is 7.19. The van der Waals surface area contributed by atoms with Crippen molar-refractivity contribution in [3.8, 4) is 0 Å². The van der Waals surface area contributed by atoms with Crippen LogP contribution in [0.3, 0.4) is 0 Å². The highest BCUT2D eigenvalue weighted by atomic mass is 32.1. The van der Waals surface area contributed by atoms with Crippen molar-refractivity contribution in [1.29, 1.82) is 0 Å². The maximum absolute atomic E-state index is 12.6. The molecular weight excluding hydrogens is 272 g/mol. The summed E-state index contributed by atoms with van der Waals surface area (Å²) in [5, 5.41) is 4.00. The summed E-state index contributed by atoms with van der Waals surface area (Å²) in [4.78, 5) is 19.5. The second-order valence-electron chi connectivity index (χ2n) is 6.90. The van der Waals surface area contributed by atoms with E-state index in [0.29, 0.717) is 22.7 Å². The number of nitrogens with one attached hydrogen (secondary N) is 1. The van der Waals surface area contributed by atoms with Crippen LogP contribution < -0.4 is 11.1 Å². The van der Waals surface area contributed by atoms with Gasteiger partial charge in [0.25, 0.3) is 5.91 Å². The zero-order valence-corrected chi connectivity index (χ0v) is 13.1. The van der Waals surface area contributed by atoms with Gasteiger partial charge in [-0.05, 0) is 46.0 Å². The van der Waals surface area contributed by atoms with E-state index in [9.17, 15) is 4.79 Å². The number of fused-ring (bicyclic) bond motifs is 2. The van der Waals surface area contributed by atoms with Crippen LogP contribution in [0.15, 0.2) is 0 Å². The van der Waals surface area contributed by atoms with Crippen LogP contribution >= 0.6 is 11.3 Å². The molecule has 20 heavy (non-hydrogen) atoms. The maximum Gasteiger partial charge on any atom is 0.268 e. The van der Waals surface area contributed by atoms with Gasteiger partial charge in [-0.1, -0.05) is 11.3 Å². The summed E-state index contributed by atoms with van der Waals surface area (Å²) >= 11 is 1.37. The Bertz CT molecular complexity index is 534. The first-order chi connectivity index (χ1) is 9.33. The second-order valence-corrected chi connectivity index (χ2v) is 7.90. The third kappa shape index (κ3) is 2.49. The van der Waals surface area contributed by atoms with Gasteiger partial charge in [0.2, 0.25) is 0 Å². The van der Waals surface area contributed by atoms with Gasteiger partial charge in [-0.25, -0.2) is 4.98 Å². The number of amides is 1. The third-order valence-corrected chi connectivity index (χ3v) is 4.97. The molecule has 2 bridgehead atoms. The molecule has 2 heterocycles. The van der Waals surface area contributed by atoms with Crippen LogP contribution in [0.4, 0.5) is 10.9 Å². The van der Waals surface area contributed by atoms with Gasteiger partial charge in [0, 0.05) is 18.1 Å². The molecule has 0 aromatic carbocycles. The fraction of sp³-hybridized carbons (Fsp3) is 0.714. The Balaban J connectivity index is 1.78. The lowest BCUT2D eigenvalue weighted by Gasteiger charge is -2.26. The molecule has 110 valence electrons. The molecule has 1 saturated heterocycles. The minimum Gasteiger partial charge on any atom is -0.382 e. The lowest BCUT2D eigenvalue weighted by Crippen LogP contribution is -2.37. The minimum atomic E-state index is -0.0860. The first-order valence-corrected chi connectivity index (χ1v) is 8.00. The molecule has 1 saturated carbocycles. The van der Waals surface area contributed by atoms with Crippen LogP contribution in [0.5, 0.6) is 0 Å². The average Bonchev–Trinajstić information content (AvgIpc) is 3.01. The molecule has 2 atom stereocenters. The molecule has 3 rings (SSSR count). The van der Waals surface area contributed by atoms with E-state index < -0.39 is 0 Å². The number of anilines is 2. The quantitative estimate of drug-likeness (QED) is 0.879. The van der Waals surface area contributed by atoms with Crippen molar-refractivity contribution < 1.29 is 4.79 Å². The fourth-order valence-corrected chi connectivity index (χ4v) is 4.21. The third-order valence-electron chi connectivity index (χ3n) is 4.00. The largest absolute Gasteiger partial charge is 0.382 e. The van der Waals surface area contributed by atoms with Crippen molar-refractivity contribution in [2.24, 2.45) is 5.92 Å². The van der Waals surface area contributed by atoms with Gasteiger partial charge in [-0.15, -0.1) is 0 Å². The van der Waals surface area contributed by atoms with Gasteiger partial charge in [-0.3, -0.25) is 4.79 Å². The number of hydrogen-bond acceptors (Lipinski definition) is 5. The summed E-state index contributed by atoms with van der Waals surface area (Å²) in [6.45, 7) is 7.07. The van der Waals surface area contributed by atoms with Gasteiger partial charge in [0.05, 0.1) is 0 Å². The molecule has 1 amide bonds. The molecule has 0 spiro atoms. The predicted octanol–water partition coefficient (Wildman–Crippen LogP) is 2.56. The van der Waals surface area contributed by atoms with Gasteiger partial charge in [0.15, 0.2) is 5.13 Å². The van der Waals surface area contributed by atoms with E-state index in [4.69, 9.17) is 5.73 Å². The maximum atomic E-state index is 12.6. The van der Waals surface area contributed by atoms with Crippen LogP contribution in [-0.4, -0.2) is 33.9 Å². The number of piperidine rings is 1. The van der Waals surface area contributed by atoms with Gasteiger partial charge in [0.1, 0.15) is 10.7 Å². The highest BCUT2D eigenvalue weighted by Crippen LogP contribution is 2.39. The summed E-state index contributed by atoms with van der Waals surface area (Å²) in [5.41, 5.74) is 5.85. The van der Waals surface area contributed by atoms with Crippen LogP contribution in [0.2, 0.25) is 0 Å². The summed E-state index contributed by atoms with van der Waals surface area (Å²) < 4.78 is 0. The number of likely N-dealkylation sites (tertiary alicyclic amines) is 1. The second kappa shape index (κ2) is 4.62. The molecule has 5 nitrogen and oxygen atoms in total. The summed E-state index contributed by atoms with van der Waals surface area (Å²) in [6.07, 6.45) is 3.57.